The van der Waals surface area contributed by atoms with Crippen LogP contribution < -0.4 is 4.90 Å². The molecule has 9 heteroatoms. The monoisotopic (exact) mass is 413 g/mol. The molecule has 2 N–H and O–H groups in total. The minimum atomic E-state index is 0.763. The smallest absolute Gasteiger partial charge is 0.155 e. The number of rotatable bonds is 3. The van der Waals surface area contributed by atoms with Crippen LogP contribution in [0.5, 0.6) is 0 Å². The van der Waals surface area contributed by atoms with Gasteiger partial charge in [0.25, 0.3) is 0 Å². The van der Waals surface area contributed by atoms with Gasteiger partial charge in [0.15, 0.2) is 5.65 Å². The van der Waals surface area contributed by atoms with Gasteiger partial charge < -0.3 is 14.8 Å². The Morgan fingerprint density at radius 3 is 2.58 bits per heavy atom. The van der Waals surface area contributed by atoms with Crippen LogP contribution in [0.1, 0.15) is 0 Å². The Balaban J connectivity index is 1.44. The van der Waals surface area contributed by atoms with Gasteiger partial charge in [-0.2, -0.15) is 10.2 Å². The van der Waals surface area contributed by atoms with Gasteiger partial charge >= 0.3 is 0 Å². The summed E-state index contributed by atoms with van der Waals surface area (Å²) in [6.07, 6.45) is 9.53. The van der Waals surface area contributed by atoms with E-state index < -0.39 is 0 Å². The molecule has 0 atom stereocenters. The summed E-state index contributed by atoms with van der Waals surface area (Å²) in [7, 11) is 4.08. The van der Waals surface area contributed by atoms with Crippen molar-refractivity contribution in [1.29, 1.82) is 0 Å². The molecule has 0 amide bonds. The fraction of sp³-hybridized carbons (Fsp3) is 0.273. The number of fused-ring (bicyclic) bond motifs is 2. The number of nitrogens with one attached hydrogen (secondary N) is 2. The minimum Gasteiger partial charge on any atom is -0.367 e. The molecular formula is C22H23N9. The molecule has 1 aliphatic rings. The van der Waals surface area contributed by atoms with Gasteiger partial charge in [0.05, 0.1) is 35.5 Å². The topological polar surface area (TPSA) is 94.5 Å². The van der Waals surface area contributed by atoms with Crippen molar-refractivity contribution in [1.82, 2.24) is 39.8 Å². The molecule has 31 heavy (non-hydrogen) atoms. The van der Waals surface area contributed by atoms with Crippen LogP contribution in [0, 0.1) is 0 Å². The van der Waals surface area contributed by atoms with E-state index in [1.165, 1.54) is 11.1 Å². The first kappa shape index (κ1) is 18.1. The lowest BCUT2D eigenvalue weighted by Crippen LogP contribution is -2.44. The lowest BCUT2D eigenvalue weighted by atomic mass is 10.1. The highest BCUT2D eigenvalue weighted by atomic mass is 15.3. The number of H-pyrrole nitrogens is 2. The van der Waals surface area contributed by atoms with Crippen LogP contribution in [0.4, 0.5) is 5.69 Å². The second-order valence-electron chi connectivity index (χ2n) is 8.19. The van der Waals surface area contributed by atoms with E-state index >= 15 is 0 Å². The summed E-state index contributed by atoms with van der Waals surface area (Å²) in [5.74, 6) is 0. The lowest BCUT2D eigenvalue weighted by Gasteiger charge is -2.34. The Bertz CT molecular complexity index is 1380. The third-order valence-corrected chi connectivity index (χ3v) is 6.08. The highest BCUT2D eigenvalue weighted by molar-refractivity contribution is 5.99. The Hall–Kier alpha value is -3.72. The van der Waals surface area contributed by atoms with Gasteiger partial charge in [-0.25, -0.2) is 4.98 Å². The zero-order chi connectivity index (χ0) is 20.9. The SMILES string of the molecule is CN1CCN(c2cncc3[nH]c(-c4n[nH]c5ncc(-c6cnn(C)c6)cc45)cc23)CC1. The maximum absolute atomic E-state index is 4.57. The predicted octanol–water partition coefficient (Wildman–Crippen LogP) is 2.65. The van der Waals surface area contributed by atoms with Crippen LogP contribution in [0.15, 0.2) is 43.1 Å². The van der Waals surface area contributed by atoms with Crippen molar-refractivity contribution >= 4 is 27.6 Å². The van der Waals surface area contributed by atoms with Crippen LogP contribution in [0.25, 0.3) is 44.5 Å². The van der Waals surface area contributed by atoms with E-state index in [0.717, 1.165) is 65.2 Å². The molecule has 1 aliphatic heterocycles. The summed E-state index contributed by atoms with van der Waals surface area (Å²) in [6, 6.07) is 4.29. The summed E-state index contributed by atoms with van der Waals surface area (Å²) < 4.78 is 1.79. The highest BCUT2D eigenvalue weighted by Crippen LogP contribution is 2.34. The maximum Gasteiger partial charge on any atom is 0.155 e. The molecule has 1 saturated heterocycles. The summed E-state index contributed by atoms with van der Waals surface area (Å²) in [4.78, 5) is 17.3. The largest absolute Gasteiger partial charge is 0.367 e. The van der Waals surface area contributed by atoms with Crippen molar-refractivity contribution in [3.05, 3.63) is 43.1 Å². The van der Waals surface area contributed by atoms with Gasteiger partial charge in [-0.3, -0.25) is 14.8 Å². The molecule has 0 aromatic carbocycles. The zero-order valence-electron chi connectivity index (χ0n) is 17.5. The Morgan fingerprint density at radius 2 is 1.77 bits per heavy atom. The number of pyridine rings is 2. The van der Waals surface area contributed by atoms with Gasteiger partial charge in [-0.1, -0.05) is 0 Å². The van der Waals surface area contributed by atoms with Gasteiger partial charge in [-0.15, -0.1) is 0 Å². The Morgan fingerprint density at radius 1 is 0.903 bits per heavy atom. The zero-order valence-corrected chi connectivity index (χ0v) is 17.5. The molecule has 6 heterocycles. The van der Waals surface area contributed by atoms with Crippen molar-refractivity contribution in [2.45, 2.75) is 0 Å². The number of aromatic amines is 2. The summed E-state index contributed by atoms with van der Waals surface area (Å²) in [6.45, 7) is 4.12. The van der Waals surface area contributed by atoms with Crippen LogP contribution in [0.2, 0.25) is 0 Å². The van der Waals surface area contributed by atoms with Gasteiger partial charge in [0, 0.05) is 67.5 Å². The van der Waals surface area contributed by atoms with E-state index in [4.69, 9.17) is 0 Å². The summed E-state index contributed by atoms with van der Waals surface area (Å²) in [5, 5.41) is 14.1. The van der Waals surface area contributed by atoms with Crippen LogP contribution in [0.3, 0.4) is 0 Å². The number of hydrogen-bond acceptors (Lipinski definition) is 6. The van der Waals surface area contributed by atoms with Crippen LogP contribution in [-0.4, -0.2) is 73.1 Å². The van der Waals surface area contributed by atoms with E-state index in [9.17, 15) is 0 Å². The first-order valence-corrected chi connectivity index (χ1v) is 10.4. The van der Waals surface area contributed by atoms with Crippen molar-refractivity contribution in [2.24, 2.45) is 7.05 Å². The second kappa shape index (κ2) is 6.92. The normalized spacial score (nSPS) is 15.4. The molecule has 9 nitrogen and oxygen atoms in total. The van der Waals surface area contributed by atoms with Gasteiger partial charge in [-0.05, 0) is 19.2 Å². The van der Waals surface area contributed by atoms with Crippen LogP contribution in [-0.2, 0) is 7.05 Å². The Kier molecular flexibility index (Phi) is 4.03. The molecule has 6 rings (SSSR count). The first-order valence-electron chi connectivity index (χ1n) is 10.4. The number of piperazine rings is 1. The van der Waals surface area contributed by atoms with Gasteiger partial charge in [0.2, 0.25) is 0 Å². The first-order chi connectivity index (χ1) is 15.2. The fourth-order valence-corrected chi connectivity index (χ4v) is 4.30. The number of aromatic nitrogens is 7. The molecule has 0 spiro atoms. The van der Waals surface area contributed by atoms with E-state index in [-0.39, 0.29) is 0 Å². The number of aryl methyl sites for hydroxylation is 1. The fourth-order valence-electron chi connectivity index (χ4n) is 4.30. The van der Waals surface area contributed by atoms with E-state index in [0.29, 0.717) is 0 Å². The molecule has 156 valence electrons. The van der Waals surface area contributed by atoms with E-state index in [1.807, 2.05) is 38.0 Å². The molecule has 0 unspecified atom stereocenters. The molecule has 0 bridgehead atoms. The predicted molar refractivity (Wildman–Crippen MR) is 121 cm³/mol. The molecule has 5 aromatic heterocycles. The number of anilines is 1. The maximum atomic E-state index is 4.57. The van der Waals surface area contributed by atoms with Crippen molar-refractivity contribution < 1.29 is 0 Å². The molecular weight excluding hydrogens is 390 g/mol. The lowest BCUT2D eigenvalue weighted by molar-refractivity contribution is 0.313. The summed E-state index contributed by atoms with van der Waals surface area (Å²) in [5.41, 5.74) is 6.80. The molecule has 1 fully saturated rings. The van der Waals surface area contributed by atoms with Crippen molar-refractivity contribution in [3.8, 4) is 22.5 Å². The number of likely N-dealkylation sites (N-methyl/N-ethyl adjacent to an activating group) is 1. The van der Waals surface area contributed by atoms with Gasteiger partial charge in [0.1, 0.15) is 5.69 Å². The molecule has 0 saturated carbocycles. The number of nitrogens with zero attached hydrogens (tertiary/aromatic N) is 7. The van der Waals surface area contributed by atoms with Crippen molar-refractivity contribution in [3.63, 3.8) is 0 Å². The quantitative estimate of drug-likeness (QED) is 0.472. The standard InChI is InChI=1S/C22H23N9/c1-29-3-5-31(6-4-29)20-12-23-11-19-16(20)8-18(26-19)21-17-7-14(9-24-22(17)28-27-21)15-10-25-30(2)13-15/h7-13,26H,3-6H2,1-2H3,(H,24,27,28). The average Bonchev–Trinajstić information content (AvgIpc) is 3.51. The molecule has 0 aliphatic carbocycles. The Labute approximate surface area is 178 Å². The van der Waals surface area contributed by atoms with Crippen LogP contribution >= 0.6 is 0 Å². The van der Waals surface area contributed by atoms with Crippen molar-refractivity contribution in [2.75, 3.05) is 38.1 Å². The third-order valence-electron chi connectivity index (χ3n) is 6.08. The minimum absolute atomic E-state index is 0.763. The number of hydrogen-bond donors (Lipinski definition) is 2. The average molecular weight is 413 g/mol. The third kappa shape index (κ3) is 3.05. The second-order valence-corrected chi connectivity index (χ2v) is 8.19. The van der Waals surface area contributed by atoms with E-state index in [1.54, 1.807) is 4.68 Å². The highest BCUT2D eigenvalue weighted by Gasteiger charge is 2.19. The van der Waals surface area contributed by atoms with E-state index in [2.05, 4.69) is 59.2 Å². The molecule has 0 radical (unpaired) electrons. The summed E-state index contributed by atoms with van der Waals surface area (Å²) >= 11 is 0. The molecule has 5 aromatic rings.